The van der Waals surface area contributed by atoms with Gasteiger partial charge in [-0.15, -0.1) is 0 Å². The molecule has 0 saturated heterocycles. The van der Waals surface area contributed by atoms with Gasteiger partial charge in [-0.25, -0.2) is 0 Å². The fourth-order valence-corrected chi connectivity index (χ4v) is 1.82. The monoisotopic (exact) mass is 307 g/mol. The van der Waals surface area contributed by atoms with Crippen molar-refractivity contribution in [2.24, 2.45) is 0 Å². The molecular weight excluding hydrogens is 305 g/mol. The van der Waals surface area contributed by atoms with E-state index in [0.29, 0.717) is 0 Å². The van der Waals surface area contributed by atoms with Crippen LogP contribution in [0, 0.1) is 56.7 Å². The van der Waals surface area contributed by atoms with E-state index in [1.165, 1.54) is 18.2 Å². The Morgan fingerprint density at radius 3 is 1.95 bits per heavy atom. The predicted octanol–water partition coefficient (Wildman–Crippen LogP) is 0.904. The minimum absolute atomic E-state index is 0.0723. The van der Waals surface area contributed by atoms with Crippen molar-refractivity contribution in [1.82, 2.24) is 0 Å². The van der Waals surface area contributed by atoms with Crippen molar-refractivity contribution in [3.8, 4) is 30.3 Å². The summed E-state index contributed by atoms with van der Waals surface area (Å²) in [6, 6.07) is 10.4. The first kappa shape index (κ1) is 15.0. The number of nitrogens with zero attached hydrogens (tertiary/aromatic N) is 5. The van der Waals surface area contributed by atoms with E-state index in [4.69, 9.17) is 26.3 Å². The molecule has 0 saturated carbocycles. The van der Waals surface area contributed by atoms with Crippen LogP contribution in [0.15, 0.2) is 12.1 Å². The molecule has 0 bridgehead atoms. The van der Waals surface area contributed by atoms with Crippen LogP contribution >= 0.6 is 0 Å². The third kappa shape index (κ3) is 2.25. The molecule has 0 heterocycles. The summed E-state index contributed by atoms with van der Waals surface area (Å²) in [4.78, 5) is 0. The molecule has 0 aliphatic rings. The topological polar surface area (TPSA) is 145 Å². The van der Waals surface area contributed by atoms with E-state index >= 15 is 0 Å². The van der Waals surface area contributed by atoms with Gasteiger partial charge in [-0.1, -0.05) is 0 Å². The van der Waals surface area contributed by atoms with E-state index in [-0.39, 0.29) is 22.3 Å². The summed E-state index contributed by atoms with van der Waals surface area (Å²) in [5, 5.41) is 45.1. The third-order valence-corrected chi connectivity index (χ3v) is 2.78. The van der Waals surface area contributed by atoms with Gasteiger partial charge in [0.2, 0.25) is 0 Å². The Labute approximate surface area is 119 Å². The molecule has 0 atom stereocenters. The fraction of sp³-hybridized carbons (Fsp3) is 0.0833. The van der Waals surface area contributed by atoms with Crippen LogP contribution in [0.5, 0.6) is 0 Å². The molecule has 0 fully saturated rings. The number of hydrogen-bond donors (Lipinski definition) is 0. The second-order valence-corrected chi connectivity index (χ2v) is 3.66. The van der Waals surface area contributed by atoms with Crippen LogP contribution in [0.1, 0.15) is 22.3 Å². The molecule has 0 aromatic heterocycles. The molecule has 0 aliphatic heterocycles. The second-order valence-electron chi connectivity index (χ2n) is 3.27. The Balaban J connectivity index is 3.83. The van der Waals surface area contributed by atoms with Crippen LogP contribution in [0.3, 0.4) is 0 Å². The molecule has 0 amide bonds. The molecule has 0 spiro atoms. The summed E-state index contributed by atoms with van der Waals surface area (Å²) in [5.41, 5.74) is -3.21. The third-order valence-electron chi connectivity index (χ3n) is 2.37. The molecule has 1 rings (SSSR count). The van der Waals surface area contributed by atoms with E-state index in [0.717, 1.165) is 6.07 Å². The average Bonchev–Trinajstić information content (AvgIpc) is 2.51. The van der Waals surface area contributed by atoms with Gasteiger partial charge in [-0.05, 0) is 0 Å². The summed E-state index contributed by atoms with van der Waals surface area (Å²) in [6.45, 7) is 0. The summed E-state index contributed by atoms with van der Waals surface area (Å²) < 4.78 is 15.1. The molecule has 20 heavy (non-hydrogen) atoms. The van der Waals surface area contributed by atoms with Gasteiger partial charge >= 0.3 is 119 Å². The van der Waals surface area contributed by atoms with Crippen molar-refractivity contribution >= 4 is 0 Å². The summed E-state index contributed by atoms with van der Waals surface area (Å²) >= 11 is -0.904. The van der Waals surface area contributed by atoms with E-state index in [1.807, 2.05) is 0 Å². The van der Waals surface area contributed by atoms with Crippen LogP contribution in [-0.4, -0.2) is 0 Å². The molecule has 1 aromatic carbocycles. The van der Waals surface area contributed by atoms with Gasteiger partial charge in [0.1, 0.15) is 0 Å². The van der Waals surface area contributed by atoms with Crippen LogP contribution < -0.4 is 0 Å². The Kier molecular flexibility index (Phi) is 4.65. The van der Waals surface area contributed by atoms with E-state index in [2.05, 4.69) is 3.85 Å². The Morgan fingerprint density at radius 2 is 1.55 bits per heavy atom. The first-order valence-electron chi connectivity index (χ1n) is 4.76. The summed E-state index contributed by atoms with van der Waals surface area (Å²) in [7, 11) is 0. The SMILES string of the molecule is N#Cc1ccc(C(C#N)(C#N)[O][Co]=[O])c(C#N)c1C#N. The Hall–Kier alpha value is -3.06. The zero-order chi connectivity index (χ0) is 15.2. The van der Waals surface area contributed by atoms with E-state index in [9.17, 15) is 3.87 Å². The van der Waals surface area contributed by atoms with Crippen LogP contribution in [-0.2, 0) is 28.3 Å². The van der Waals surface area contributed by atoms with Gasteiger partial charge in [0.05, 0.1) is 0 Å². The van der Waals surface area contributed by atoms with Gasteiger partial charge in [0.25, 0.3) is 0 Å². The Bertz CT molecular complexity index is 769. The fourth-order valence-electron chi connectivity index (χ4n) is 1.48. The zero-order valence-corrected chi connectivity index (χ0v) is 10.6. The van der Waals surface area contributed by atoms with Crippen LogP contribution in [0.25, 0.3) is 0 Å². The van der Waals surface area contributed by atoms with Crippen molar-refractivity contribution in [2.75, 3.05) is 0 Å². The zero-order valence-electron chi connectivity index (χ0n) is 9.54. The summed E-state index contributed by atoms with van der Waals surface area (Å²) in [5.74, 6) is 0. The van der Waals surface area contributed by atoms with Gasteiger partial charge < -0.3 is 0 Å². The molecule has 1 aromatic rings. The van der Waals surface area contributed by atoms with Crippen molar-refractivity contribution in [2.45, 2.75) is 5.60 Å². The molecule has 0 N–H and O–H groups in total. The van der Waals surface area contributed by atoms with Crippen molar-refractivity contribution < 1.29 is 22.7 Å². The Morgan fingerprint density at radius 1 is 0.950 bits per heavy atom. The minimum atomic E-state index is -2.30. The molecule has 0 unspecified atom stereocenters. The van der Waals surface area contributed by atoms with Crippen LogP contribution in [0.2, 0.25) is 0 Å². The molecule has 0 radical (unpaired) electrons. The van der Waals surface area contributed by atoms with Gasteiger partial charge in [-0.3, -0.25) is 0 Å². The van der Waals surface area contributed by atoms with E-state index in [1.54, 1.807) is 18.2 Å². The van der Waals surface area contributed by atoms with E-state index < -0.39 is 20.6 Å². The summed E-state index contributed by atoms with van der Waals surface area (Å²) in [6.07, 6.45) is 0. The standard InChI is InChI=1S/C12H2N5O.Co.O/c13-3-8-1-2-11(12(18,6-16)7-17)10(5-15)9(8)4-14;;/h1-2H;;/q-1;+1;. The van der Waals surface area contributed by atoms with Gasteiger partial charge in [0, 0.05) is 0 Å². The van der Waals surface area contributed by atoms with Crippen molar-refractivity contribution in [3.63, 3.8) is 0 Å². The normalized spacial score (nSPS) is 9.55. The molecule has 96 valence electrons. The first-order valence-corrected chi connectivity index (χ1v) is 5.61. The van der Waals surface area contributed by atoms with Gasteiger partial charge in [-0.2, -0.15) is 0 Å². The first-order chi connectivity index (χ1) is 9.63. The average molecular weight is 307 g/mol. The van der Waals surface area contributed by atoms with Gasteiger partial charge in [0.15, 0.2) is 0 Å². The molecule has 8 heteroatoms. The predicted molar refractivity (Wildman–Crippen MR) is 55.3 cm³/mol. The second kappa shape index (κ2) is 6.21. The molecule has 7 nitrogen and oxygen atoms in total. The maximum atomic E-state index is 10.6. The quantitative estimate of drug-likeness (QED) is 0.806. The van der Waals surface area contributed by atoms with Crippen molar-refractivity contribution in [1.29, 1.82) is 26.3 Å². The van der Waals surface area contributed by atoms with Crippen molar-refractivity contribution in [3.05, 3.63) is 34.4 Å². The number of hydrogen-bond acceptors (Lipinski definition) is 7. The van der Waals surface area contributed by atoms with Crippen LogP contribution in [0.4, 0.5) is 0 Å². The number of benzene rings is 1. The maximum absolute atomic E-state index is 10.6. The molecule has 0 aliphatic carbocycles. The number of nitriles is 5. The number of rotatable bonds is 3. The molecular formula is C12H2CoN5O2.